The molecule has 0 heterocycles. The van der Waals surface area contributed by atoms with Gasteiger partial charge in [-0.1, -0.05) is 243 Å². The number of unbranched alkanes of at least 4 members (excludes halogenated alkanes) is 18. The molecule has 0 saturated heterocycles. The van der Waals surface area contributed by atoms with E-state index in [1.165, 1.54) is 64.2 Å². The molecule has 0 fully saturated rings. The Morgan fingerprint density at radius 3 is 1.06 bits per heavy atom. The molecule has 0 saturated carbocycles. The minimum absolute atomic E-state index is 0.136. The molecule has 0 bridgehead atoms. The van der Waals surface area contributed by atoms with E-state index in [2.05, 4.69) is 160 Å². The zero-order valence-corrected chi connectivity index (χ0v) is 52.1. The monoisotopic (exact) mass is 1120 g/mol. The van der Waals surface area contributed by atoms with Crippen molar-refractivity contribution < 1.29 is 42.9 Å². The lowest BCUT2D eigenvalue weighted by atomic mass is 10.1. The molecule has 0 rings (SSSR count). The van der Waals surface area contributed by atoms with Gasteiger partial charge in [0.25, 0.3) is 0 Å². The minimum atomic E-state index is -1.64. The van der Waals surface area contributed by atoms with E-state index in [9.17, 15) is 19.5 Å². The number of carboxylic acids is 1. The highest BCUT2D eigenvalue weighted by atomic mass is 16.7. The molecule has 0 amide bonds. The second kappa shape index (κ2) is 61.2. The second-order valence-electron chi connectivity index (χ2n) is 22.0. The van der Waals surface area contributed by atoms with Crippen molar-refractivity contribution in [1.29, 1.82) is 0 Å². The molecule has 0 radical (unpaired) electrons. The Bertz CT molecular complexity index is 1840. The third kappa shape index (κ3) is 62.6. The number of hydrogen-bond donors (Lipinski definition) is 0. The van der Waals surface area contributed by atoms with Crippen molar-refractivity contribution in [1.82, 2.24) is 0 Å². The molecule has 0 aliphatic heterocycles. The van der Waals surface area contributed by atoms with Gasteiger partial charge in [-0.05, 0) is 122 Å². The van der Waals surface area contributed by atoms with E-state index >= 15 is 0 Å². The molecule has 9 nitrogen and oxygen atoms in total. The van der Waals surface area contributed by atoms with Crippen molar-refractivity contribution in [2.24, 2.45) is 0 Å². The van der Waals surface area contributed by atoms with Crippen LogP contribution in [0.1, 0.15) is 232 Å². The number of nitrogens with zero attached hydrogens (tertiary/aromatic N) is 1. The molecule has 9 heteroatoms. The summed E-state index contributed by atoms with van der Waals surface area (Å²) in [5.41, 5.74) is 0. The van der Waals surface area contributed by atoms with E-state index in [1.807, 2.05) is 21.1 Å². The van der Waals surface area contributed by atoms with Crippen molar-refractivity contribution in [3.63, 3.8) is 0 Å². The number of hydrogen-bond acceptors (Lipinski definition) is 8. The third-order valence-electron chi connectivity index (χ3n) is 13.1. The molecule has 0 aliphatic carbocycles. The Morgan fingerprint density at radius 1 is 0.383 bits per heavy atom. The SMILES string of the molecule is CC/C=C\C/C=C\C/C=C\C/C=C\C/C=C\C/C=C\C/C=C\C/C=C\C/C=C\C/C=C\C/C=C\CCCCCCCC(=O)OC(COC(=O)CCCCCCCCC/C=C\CCCCCCCC)COC(OCC[N+](C)(C)C)C(=O)[O-]. The molecule has 0 aliphatic rings. The highest BCUT2D eigenvalue weighted by molar-refractivity contribution is 5.70. The Balaban J connectivity index is 4.25. The number of carbonyl (C=O) groups is 3. The van der Waals surface area contributed by atoms with Crippen molar-refractivity contribution in [3.8, 4) is 0 Å². The Kier molecular flexibility index (Phi) is 57.6. The van der Waals surface area contributed by atoms with E-state index in [4.69, 9.17) is 18.9 Å². The first kappa shape index (κ1) is 76.2. The van der Waals surface area contributed by atoms with Crippen LogP contribution in [0.25, 0.3) is 0 Å². The van der Waals surface area contributed by atoms with Crippen LogP contribution in [-0.4, -0.2) is 82.3 Å². The molecular weight excluding hydrogens is 1010 g/mol. The number of carboxylic acid groups (broad SMARTS) is 1. The molecule has 458 valence electrons. The maximum atomic E-state index is 12.9. The van der Waals surface area contributed by atoms with Gasteiger partial charge in [0, 0.05) is 12.8 Å². The Morgan fingerprint density at radius 2 is 0.704 bits per heavy atom. The van der Waals surface area contributed by atoms with Gasteiger partial charge in [-0.2, -0.15) is 0 Å². The Hall–Kier alpha value is -4.83. The van der Waals surface area contributed by atoms with Gasteiger partial charge in [0.1, 0.15) is 13.2 Å². The fraction of sp³-hybridized carbons (Fsp3) is 0.625. The number of quaternary nitrogens is 1. The molecule has 2 unspecified atom stereocenters. The number of likely N-dealkylation sites (N-methyl/N-ethyl adjacent to an activating group) is 1. The van der Waals surface area contributed by atoms with Gasteiger partial charge in [-0.3, -0.25) is 9.59 Å². The number of rotatable bonds is 57. The quantitative estimate of drug-likeness (QED) is 0.0195. The van der Waals surface area contributed by atoms with Crippen molar-refractivity contribution in [2.45, 2.75) is 245 Å². The number of ether oxygens (including phenoxy) is 4. The summed E-state index contributed by atoms with van der Waals surface area (Å²) in [5, 5.41) is 11.8. The van der Waals surface area contributed by atoms with E-state index < -0.39 is 24.3 Å². The average molecular weight is 1120 g/mol. The molecule has 0 spiro atoms. The summed E-state index contributed by atoms with van der Waals surface area (Å²) < 4.78 is 22.7. The minimum Gasteiger partial charge on any atom is -0.545 e. The fourth-order valence-electron chi connectivity index (χ4n) is 8.18. The molecular formula is C72H117NO8. The first-order valence-corrected chi connectivity index (χ1v) is 32.0. The number of esters is 2. The van der Waals surface area contributed by atoms with E-state index in [1.54, 1.807) is 0 Å². The summed E-state index contributed by atoms with van der Waals surface area (Å²) in [6, 6.07) is 0. The number of carbonyl (C=O) groups excluding carboxylic acids is 3. The van der Waals surface area contributed by atoms with Crippen LogP contribution in [0.5, 0.6) is 0 Å². The lowest BCUT2D eigenvalue weighted by Crippen LogP contribution is -2.44. The van der Waals surface area contributed by atoms with Gasteiger partial charge in [0.15, 0.2) is 12.4 Å². The zero-order valence-electron chi connectivity index (χ0n) is 52.1. The predicted molar refractivity (Wildman–Crippen MR) is 342 cm³/mol. The summed E-state index contributed by atoms with van der Waals surface area (Å²) in [4.78, 5) is 37.3. The predicted octanol–water partition coefficient (Wildman–Crippen LogP) is 18.2. The third-order valence-corrected chi connectivity index (χ3v) is 13.1. The van der Waals surface area contributed by atoms with Gasteiger partial charge in [-0.25, -0.2) is 0 Å². The molecule has 2 atom stereocenters. The maximum absolute atomic E-state index is 12.9. The molecule has 0 aromatic heterocycles. The van der Waals surface area contributed by atoms with E-state index in [0.29, 0.717) is 17.4 Å². The Labute approximate surface area is 496 Å². The van der Waals surface area contributed by atoms with Crippen molar-refractivity contribution in [2.75, 3.05) is 47.5 Å². The van der Waals surface area contributed by atoms with Crippen LogP contribution in [0, 0.1) is 0 Å². The smallest absolute Gasteiger partial charge is 0.306 e. The van der Waals surface area contributed by atoms with Gasteiger partial charge in [0.2, 0.25) is 0 Å². The second-order valence-corrected chi connectivity index (χ2v) is 22.0. The van der Waals surface area contributed by atoms with Gasteiger partial charge >= 0.3 is 11.9 Å². The van der Waals surface area contributed by atoms with Gasteiger partial charge in [-0.15, -0.1) is 0 Å². The first-order chi connectivity index (χ1) is 39.6. The first-order valence-electron chi connectivity index (χ1n) is 32.0. The fourth-order valence-corrected chi connectivity index (χ4v) is 8.18. The highest BCUT2D eigenvalue weighted by Gasteiger charge is 2.22. The topological polar surface area (TPSA) is 111 Å². The van der Waals surface area contributed by atoms with Crippen LogP contribution in [0.2, 0.25) is 0 Å². The lowest BCUT2D eigenvalue weighted by Gasteiger charge is -2.26. The molecule has 0 N–H and O–H groups in total. The summed E-state index contributed by atoms with van der Waals surface area (Å²) in [5.74, 6) is -2.33. The zero-order chi connectivity index (χ0) is 59.1. The van der Waals surface area contributed by atoms with Crippen LogP contribution >= 0.6 is 0 Å². The lowest BCUT2D eigenvalue weighted by molar-refractivity contribution is -0.870. The largest absolute Gasteiger partial charge is 0.545 e. The summed E-state index contributed by atoms with van der Waals surface area (Å²) in [6.07, 6.45) is 86.2. The van der Waals surface area contributed by atoms with Crippen molar-refractivity contribution in [3.05, 3.63) is 146 Å². The van der Waals surface area contributed by atoms with Crippen LogP contribution in [-0.2, 0) is 33.3 Å². The standard InChI is InChI=1S/C72H117NO8/c1-6-8-10-12-14-16-18-20-22-24-25-26-27-28-29-30-31-32-33-34-35-36-37-38-39-40-41-42-43-44-45-47-49-51-53-55-57-59-61-63-70(75)81-68(67-80-72(71(76)77)78-65-64-73(3,4)5)66-79-69(74)62-60-58-56-54-52-50-48-46-23-21-19-17-15-13-11-9-7-2/h8,10,14,16,20-23,25-26,28-29,31-32,34-35,37-38,40-41,43-44,47,49,68,72H,6-7,9,11-13,15,17-19,24,27,30,33,36,39,42,45-46,48,50-67H2,1-5H3/b10-8-,16-14-,22-20-,23-21-,26-25-,29-28-,32-31-,35-34-,38-37-,41-40-,44-43-,49-47-. The van der Waals surface area contributed by atoms with Crippen LogP contribution in [0.15, 0.2) is 146 Å². The number of allylic oxidation sites excluding steroid dienone is 24. The average Bonchev–Trinajstić information content (AvgIpc) is 3.44. The van der Waals surface area contributed by atoms with Crippen LogP contribution in [0.3, 0.4) is 0 Å². The van der Waals surface area contributed by atoms with Crippen molar-refractivity contribution >= 4 is 17.9 Å². The molecule has 0 aromatic carbocycles. The van der Waals surface area contributed by atoms with Crippen LogP contribution < -0.4 is 5.11 Å². The van der Waals surface area contributed by atoms with E-state index in [0.717, 1.165) is 135 Å². The van der Waals surface area contributed by atoms with Gasteiger partial charge < -0.3 is 33.3 Å². The van der Waals surface area contributed by atoms with Gasteiger partial charge in [0.05, 0.1) is 40.3 Å². The number of aliphatic carboxylic acids is 1. The summed E-state index contributed by atoms with van der Waals surface area (Å²) >= 11 is 0. The summed E-state index contributed by atoms with van der Waals surface area (Å²) in [7, 11) is 5.90. The normalized spacial score (nSPS) is 13.7. The maximum Gasteiger partial charge on any atom is 0.306 e. The van der Waals surface area contributed by atoms with Crippen LogP contribution in [0.4, 0.5) is 0 Å². The summed E-state index contributed by atoms with van der Waals surface area (Å²) in [6.45, 7) is 4.59. The molecule has 81 heavy (non-hydrogen) atoms. The highest BCUT2D eigenvalue weighted by Crippen LogP contribution is 2.14. The van der Waals surface area contributed by atoms with E-state index in [-0.39, 0.29) is 38.6 Å². The molecule has 0 aromatic rings.